The molecule has 0 aliphatic carbocycles. The van der Waals surface area contributed by atoms with E-state index in [9.17, 15) is 9.18 Å². The molecule has 0 amide bonds. The van der Waals surface area contributed by atoms with E-state index in [1.807, 2.05) is 48.5 Å². The van der Waals surface area contributed by atoms with Crippen molar-refractivity contribution < 1.29 is 19.0 Å². The molecule has 4 heteroatoms. The van der Waals surface area contributed by atoms with Crippen LogP contribution in [0.15, 0.2) is 72.8 Å². The maximum Gasteiger partial charge on any atom is 0.303 e. The molecule has 3 aromatic carbocycles. The van der Waals surface area contributed by atoms with Crippen LogP contribution in [0.25, 0.3) is 11.1 Å². The van der Waals surface area contributed by atoms with Crippen molar-refractivity contribution in [1.82, 2.24) is 0 Å². The molecule has 0 unspecified atom stereocenters. The zero-order chi connectivity index (χ0) is 18.4. The van der Waals surface area contributed by atoms with E-state index in [0.717, 1.165) is 16.7 Å². The number of hydrogen-bond donors (Lipinski definition) is 1. The van der Waals surface area contributed by atoms with E-state index in [0.29, 0.717) is 17.7 Å². The summed E-state index contributed by atoms with van der Waals surface area (Å²) in [6, 6.07) is 21.9. The summed E-state index contributed by atoms with van der Waals surface area (Å²) in [7, 11) is 0. The van der Waals surface area contributed by atoms with E-state index >= 15 is 0 Å². The number of aliphatic carboxylic acids is 1. The number of hydrogen-bond acceptors (Lipinski definition) is 2. The second kappa shape index (κ2) is 8.30. The van der Waals surface area contributed by atoms with E-state index in [1.54, 1.807) is 18.2 Å². The van der Waals surface area contributed by atoms with Gasteiger partial charge in [0, 0.05) is 12.0 Å². The fraction of sp³-hybridized carbons (Fsp3) is 0.136. The highest BCUT2D eigenvalue weighted by Crippen LogP contribution is 2.27. The van der Waals surface area contributed by atoms with Crippen LogP contribution in [0.5, 0.6) is 5.75 Å². The molecule has 0 fully saturated rings. The van der Waals surface area contributed by atoms with Crippen LogP contribution in [0, 0.1) is 5.82 Å². The molecular formula is C22H19FO3. The number of rotatable bonds is 7. The Labute approximate surface area is 151 Å². The minimum Gasteiger partial charge on any atom is -0.489 e. The Kier molecular flexibility index (Phi) is 5.64. The Balaban J connectivity index is 1.73. The van der Waals surface area contributed by atoms with Gasteiger partial charge in [-0.1, -0.05) is 54.6 Å². The lowest BCUT2D eigenvalue weighted by molar-refractivity contribution is -0.136. The molecule has 3 nitrogen and oxygen atoms in total. The normalized spacial score (nSPS) is 10.5. The Bertz CT molecular complexity index is 874. The highest BCUT2D eigenvalue weighted by molar-refractivity contribution is 5.67. The molecule has 0 saturated carbocycles. The molecule has 0 aromatic heterocycles. The Morgan fingerprint density at radius 2 is 1.65 bits per heavy atom. The lowest BCUT2D eigenvalue weighted by Gasteiger charge is -2.13. The summed E-state index contributed by atoms with van der Waals surface area (Å²) in [5, 5.41) is 8.73. The van der Waals surface area contributed by atoms with Crippen LogP contribution >= 0.6 is 0 Å². The number of carbonyl (C=O) groups is 1. The molecule has 0 aliphatic heterocycles. The molecule has 26 heavy (non-hydrogen) atoms. The first kappa shape index (κ1) is 17.7. The van der Waals surface area contributed by atoms with Gasteiger partial charge in [0.05, 0.1) is 0 Å². The third kappa shape index (κ3) is 4.48. The van der Waals surface area contributed by atoms with Gasteiger partial charge in [-0.2, -0.15) is 0 Å². The number of aryl methyl sites for hydroxylation is 1. The van der Waals surface area contributed by atoms with Crippen LogP contribution in [0.4, 0.5) is 4.39 Å². The van der Waals surface area contributed by atoms with E-state index in [2.05, 4.69) is 0 Å². The predicted octanol–water partition coefficient (Wildman–Crippen LogP) is 5.09. The van der Waals surface area contributed by atoms with Crippen LogP contribution in [0.1, 0.15) is 17.5 Å². The van der Waals surface area contributed by atoms with Crippen molar-refractivity contribution in [1.29, 1.82) is 0 Å². The van der Waals surface area contributed by atoms with Gasteiger partial charge in [0.15, 0.2) is 0 Å². The van der Waals surface area contributed by atoms with Crippen molar-refractivity contribution in [3.8, 4) is 16.9 Å². The number of ether oxygens (including phenoxy) is 1. The summed E-state index contributed by atoms with van der Waals surface area (Å²) < 4.78 is 20.1. The molecule has 0 heterocycles. The predicted molar refractivity (Wildman–Crippen MR) is 98.6 cm³/mol. The number of carboxylic acids is 1. The molecule has 1 N–H and O–H groups in total. The van der Waals surface area contributed by atoms with Crippen molar-refractivity contribution in [2.75, 3.05) is 0 Å². The quantitative estimate of drug-likeness (QED) is 0.646. The molecule has 3 rings (SSSR count). The van der Waals surface area contributed by atoms with Crippen LogP contribution < -0.4 is 4.74 Å². The standard InChI is InChI=1S/C22H19FO3/c23-21-8-4-7-19(17-5-2-1-3-6-17)20(21)15-26-18-12-9-16(10-13-18)11-14-22(24)25/h1-10,12-13H,11,14-15H2,(H,24,25). The first-order chi connectivity index (χ1) is 12.6. The van der Waals surface area contributed by atoms with Crippen molar-refractivity contribution in [2.45, 2.75) is 19.4 Å². The van der Waals surface area contributed by atoms with Crippen LogP contribution in [-0.4, -0.2) is 11.1 Å². The molecule has 3 aromatic rings. The van der Waals surface area contributed by atoms with Gasteiger partial charge < -0.3 is 9.84 Å². The summed E-state index contributed by atoms with van der Waals surface area (Å²) in [6.07, 6.45) is 0.566. The summed E-state index contributed by atoms with van der Waals surface area (Å²) in [5.41, 5.74) is 3.18. The van der Waals surface area contributed by atoms with Crippen molar-refractivity contribution in [3.05, 3.63) is 89.7 Å². The lowest BCUT2D eigenvalue weighted by atomic mass is 10.00. The molecule has 0 radical (unpaired) electrons. The first-order valence-corrected chi connectivity index (χ1v) is 8.40. The van der Waals surface area contributed by atoms with Crippen molar-refractivity contribution in [2.24, 2.45) is 0 Å². The van der Waals surface area contributed by atoms with Crippen molar-refractivity contribution in [3.63, 3.8) is 0 Å². The second-order valence-electron chi connectivity index (χ2n) is 5.96. The smallest absolute Gasteiger partial charge is 0.303 e. The van der Waals surface area contributed by atoms with Crippen LogP contribution in [0.2, 0.25) is 0 Å². The van der Waals surface area contributed by atoms with Gasteiger partial charge in [0.2, 0.25) is 0 Å². The third-order valence-electron chi connectivity index (χ3n) is 4.14. The summed E-state index contributed by atoms with van der Waals surface area (Å²) in [6.45, 7) is 0.116. The van der Waals surface area contributed by atoms with E-state index in [4.69, 9.17) is 9.84 Å². The minimum absolute atomic E-state index is 0.0931. The molecule has 0 spiro atoms. The zero-order valence-electron chi connectivity index (χ0n) is 14.2. The van der Waals surface area contributed by atoms with Crippen LogP contribution in [-0.2, 0) is 17.8 Å². The van der Waals surface area contributed by atoms with Crippen LogP contribution in [0.3, 0.4) is 0 Å². The maximum absolute atomic E-state index is 14.3. The molecule has 0 atom stereocenters. The fourth-order valence-corrected chi connectivity index (χ4v) is 2.75. The van der Waals surface area contributed by atoms with E-state index in [1.165, 1.54) is 6.07 Å². The molecule has 0 saturated heterocycles. The van der Waals surface area contributed by atoms with Gasteiger partial charge in [-0.3, -0.25) is 4.79 Å². The highest BCUT2D eigenvalue weighted by atomic mass is 19.1. The SMILES string of the molecule is O=C(O)CCc1ccc(OCc2c(F)cccc2-c2ccccc2)cc1. The molecule has 132 valence electrons. The topological polar surface area (TPSA) is 46.5 Å². The van der Waals surface area contributed by atoms with Gasteiger partial charge >= 0.3 is 5.97 Å². The van der Waals surface area contributed by atoms with Gasteiger partial charge in [0.1, 0.15) is 18.2 Å². The molecular weight excluding hydrogens is 331 g/mol. The minimum atomic E-state index is -0.821. The number of carboxylic acid groups (broad SMARTS) is 1. The van der Waals surface area contributed by atoms with Crippen molar-refractivity contribution >= 4 is 5.97 Å². The zero-order valence-corrected chi connectivity index (χ0v) is 14.2. The lowest BCUT2D eigenvalue weighted by Crippen LogP contribution is -2.02. The Hall–Kier alpha value is -3.14. The fourth-order valence-electron chi connectivity index (χ4n) is 2.75. The second-order valence-corrected chi connectivity index (χ2v) is 5.96. The van der Waals surface area contributed by atoms with Gasteiger partial charge in [0.25, 0.3) is 0 Å². The number of halogens is 1. The summed E-state index contributed by atoms with van der Waals surface area (Å²) in [4.78, 5) is 10.6. The first-order valence-electron chi connectivity index (χ1n) is 8.40. The third-order valence-corrected chi connectivity index (χ3v) is 4.14. The summed E-state index contributed by atoms with van der Waals surface area (Å²) in [5.74, 6) is -0.505. The highest BCUT2D eigenvalue weighted by Gasteiger charge is 2.11. The van der Waals surface area contributed by atoms with Gasteiger partial charge in [-0.25, -0.2) is 4.39 Å². The largest absolute Gasteiger partial charge is 0.489 e. The van der Waals surface area contributed by atoms with Gasteiger partial charge in [-0.05, 0) is 41.3 Å². The number of benzene rings is 3. The van der Waals surface area contributed by atoms with E-state index < -0.39 is 5.97 Å². The van der Waals surface area contributed by atoms with E-state index in [-0.39, 0.29) is 18.8 Å². The monoisotopic (exact) mass is 350 g/mol. The summed E-state index contributed by atoms with van der Waals surface area (Å²) >= 11 is 0. The molecule has 0 bridgehead atoms. The average molecular weight is 350 g/mol. The Morgan fingerprint density at radius 3 is 2.35 bits per heavy atom. The van der Waals surface area contributed by atoms with Gasteiger partial charge in [-0.15, -0.1) is 0 Å². The maximum atomic E-state index is 14.3. The Morgan fingerprint density at radius 1 is 0.923 bits per heavy atom. The average Bonchev–Trinajstić information content (AvgIpc) is 2.67. The molecule has 0 aliphatic rings.